The topological polar surface area (TPSA) is 52.6 Å². The van der Waals surface area contributed by atoms with Gasteiger partial charge in [-0.3, -0.25) is 4.79 Å². The van der Waals surface area contributed by atoms with Crippen LogP contribution in [-0.4, -0.2) is 54.1 Å². The quantitative estimate of drug-likeness (QED) is 0.735. The number of alkyl halides is 2. The second-order valence-corrected chi connectivity index (χ2v) is 4.91. The monoisotopic (exact) mass is 248 g/mol. The molecule has 2 aliphatic heterocycles. The van der Waals surface area contributed by atoms with Crippen molar-refractivity contribution in [3.8, 4) is 0 Å². The van der Waals surface area contributed by atoms with Crippen LogP contribution in [0.25, 0.3) is 0 Å². The molecule has 1 amide bonds. The summed E-state index contributed by atoms with van der Waals surface area (Å²) in [4.78, 5) is 13.3. The van der Waals surface area contributed by atoms with Gasteiger partial charge < -0.3 is 15.3 Å². The molecular formula is C11H18F2N2O2. The summed E-state index contributed by atoms with van der Waals surface area (Å²) in [5, 5.41) is 12.2. The highest BCUT2D eigenvalue weighted by Gasteiger charge is 2.47. The first-order valence-corrected chi connectivity index (χ1v) is 6.03. The molecule has 2 fully saturated rings. The number of halogens is 2. The van der Waals surface area contributed by atoms with Gasteiger partial charge in [-0.25, -0.2) is 8.78 Å². The Kier molecular flexibility index (Phi) is 3.63. The second-order valence-electron chi connectivity index (χ2n) is 4.91. The number of carbonyl (C=O) groups excluding carboxylic acids is 1. The summed E-state index contributed by atoms with van der Waals surface area (Å²) < 4.78 is 26.5. The summed E-state index contributed by atoms with van der Waals surface area (Å²) in [5.41, 5.74) is 0. The maximum absolute atomic E-state index is 13.2. The van der Waals surface area contributed by atoms with E-state index in [-0.39, 0.29) is 18.4 Å². The van der Waals surface area contributed by atoms with Crippen LogP contribution >= 0.6 is 0 Å². The second kappa shape index (κ2) is 4.86. The number of amides is 1. The molecule has 0 saturated carbocycles. The van der Waals surface area contributed by atoms with E-state index in [1.807, 2.05) is 0 Å². The molecule has 2 atom stereocenters. The molecule has 2 saturated heterocycles. The lowest BCUT2D eigenvalue weighted by atomic mass is 9.98. The van der Waals surface area contributed by atoms with Crippen LogP contribution < -0.4 is 5.32 Å². The highest BCUT2D eigenvalue weighted by atomic mass is 19.3. The molecule has 0 unspecified atom stereocenters. The van der Waals surface area contributed by atoms with Gasteiger partial charge in [-0.05, 0) is 19.4 Å². The number of rotatable bonds is 2. The van der Waals surface area contributed by atoms with Crippen molar-refractivity contribution < 1.29 is 18.7 Å². The average molecular weight is 248 g/mol. The highest BCUT2D eigenvalue weighted by Crippen LogP contribution is 2.33. The molecule has 2 rings (SSSR count). The predicted octanol–water partition coefficient (Wildman–Crippen LogP) is 0.214. The van der Waals surface area contributed by atoms with E-state index < -0.39 is 24.9 Å². The Morgan fingerprint density at radius 2 is 2.29 bits per heavy atom. The van der Waals surface area contributed by atoms with Crippen molar-refractivity contribution >= 4 is 5.91 Å². The molecule has 6 heteroatoms. The number of hydrogen-bond acceptors (Lipinski definition) is 3. The van der Waals surface area contributed by atoms with Crippen molar-refractivity contribution in [3.05, 3.63) is 0 Å². The first kappa shape index (κ1) is 12.7. The van der Waals surface area contributed by atoms with Gasteiger partial charge in [-0.15, -0.1) is 0 Å². The highest BCUT2D eigenvalue weighted by molar-refractivity contribution is 5.80. The molecule has 2 aliphatic rings. The first-order chi connectivity index (χ1) is 8.03. The Morgan fingerprint density at radius 1 is 1.53 bits per heavy atom. The van der Waals surface area contributed by atoms with Crippen LogP contribution in [0.4, 0.5) is 8.78 Å². The summed E-state index contributed by atoms with van der Waals surface area (Å²) in [6.45, 7) is 0.497. The van der Waals surface area contributed by atoms with Gasteiger partial charge in [0.15, 0.2) is 0 Å². The number of aliphatic hydroxyl groups excluding tert-OH is 1. The molecule has 0 aromatic heterocycles. The van der Waals surface area contributed by atoms with Crippen LogP contribution in [0.3, 0.4) is 0 Å². The fraction of sp³-hybridized carbons (Fsp3) is 0.909. The van der Waals surface area contributed by atoms with E-state index in [1.165, 1.54) is 0 Å². The molecule has 98 valence electrons. The maximum Gasteiger partial charge on any atom is 0.267 e. The lowest BCUT2D eigenvalue weighted by Crippen LogP contribution is -2.46. The number of aliphatic hydroxyl groups is 1. The fourth-order valence-electron chi connectivity index (χ4n) is 2.62. The van der Waals surface area contributed by atoms with Gasteiger partial charge in [0.05, 0.1) is 25.1 Å². The third-order valence-electron chi connectivity index (χ3n) is 3.52. The molecule has 4 nitrogen and oxygen atoms in total. The molecule has 17 heavy (non-hydrogen) atoms. The maximum atomic E-state index is 13.2. The first-order valence-electron chi connectivity index (χ1n) is 6.03. The molecule has 0 aromatic rings. The number of nitrogens with zero attached hydrogens (tertiary/aromatic N) is 1. The fourth-order valence-corrected chi connectivity index (χ4v) is 2.62. The summed E-state index contributed by atoms with van der Waals surface area (Å²) in [6, 6.07) is -0.723. The lowest BCUT2D eigenvalue weighted by Gasteiger charge is -2.29. The van der Waals surface area contributed by atoms with Crippen LogP contribution in [0.1, 0.15) is 19.3 Å². The minimum atomic E-state index is -2.86. The third kappa shape index (κ3) is 2.74. The Bertz CT molecular complexity index is 293. The van der Waals surface area contributed by atoms with E-state index in [0.29, 0.717) is 6.54 Å². The summed E-state index contributed by atoms with van der Waals surface area (Å²) >= 11 is 0. The number of nitrogens with one attached hydrogen (secondary N) is 1. The number of carbonyl (C=O) groups is 1. The largest absolute Gasteiger partial charge is 0.394 e. The van der Waals surface area contributed by atoms with E-state index in [0.717, 1.165) is 24.3 Å². The smallest absolute Gasteiger partial charge is 0.267 e. The van der Waals surface area contributed by atoms with E-state index in [9.17, 15) is 13.6 Å². The molecule has 0 aromatic carbocycles. The zero-order valence-corrected chi connectivity index (χ0v) is 9.66. The molecule has 0 spiro atoms. The molecule has 0 bridgehead atoms. The molecule has 0 radical (unpaired) electrons. The van der Waals surface area contributed by atoms with Crippen LogP contribution in [0.5, 0.6) is 0 Å². The summed E-state index contributed by atoms with van der Waals surface area (Å²) in [5.74, 6) is -3.31. The van der Waals surface area contributed by atoms with Gasteiger partial charge in [0.25, 0.3) is 5.92 Å². The van der Waals surface area contributed by atoms with Crippen LogP contribution in [-0.2, 0) is 4.79 Å². The Hall–Kier alpha value is -0.750. The number of likely N-dealkylation sites (tertiary alicyclic amines) is 1. The van der Waals surface area contributed by atoms with Gasteiger partial charge in [0, 0.05) is 13.0 Å². The Labute approximate surface area is 99.0 Å². The summed E-state index contributed by atoms with van der Waals surface area (Å²) in [6.07, 6.45) is 1.21. The van der Waals surface area contributed by atoms with Crippen LogP contribution in [0.15, 0.2) is 0 Å². The minimum absolute atomic E-state index is 0.216. The lowest BCUT2D eigenvalue weighted by molar-refractivity contribution is -0.138. The van der Waals surface area contributed by atoms with E-state index in [2.05, 4.69) is 5.32 Å². The van der Waals surface area contributed by atoms with Crippen LogP contribution in [0.2, 0.25) is 0 Å². The number of piperidine rings is 1. The molecule has 2 heterocycles. The molecule has 0 aliphatic carbocycles. The SMILES string of the molecule is O=C([C@@H]1CCCNC1)N1CC(F)(F)C[C@H]1CO. The Morgan fingerprint density at radius 3 is 2.88 bits per heavy atom. The third-order valence-corrected chi connectivity index (χ3v) is 3.52. The van der Waals surface area contributed by atoms with E-state index in [4.69, 9.17) is 5.11 Å². The number of hydrogen-bond donors (Lipinski definition) is 2. The zero-order chi connectivity index (χ0) is 12.5. The van der Waals surface area contributed by atoms with E-state index in [1.54, 1.807) is 0 Å². The van der Waals surface area contributed by atoms with Gasteiger partial charge in [0.1, 0.15) is 0 Å². The van der Waals surface area contributed by atoms with Gasteiger partial charge in [0.2, 0.25) is 5.91 Å². The summed E-state index contributed by atoms with van der Waals surface area (Å²) in [7, 11) is 0. The van der Waals surface area contributed by atoms with Crippen molar-refractivity contribution in [1.82, 2.24) is 10.2 Å². The molecule has 2 N–H and O–H groups in total. The minimum Gasteiger partial charge on any atom is -0.394 e. The van der Waals surface area contributed by atoms with Crippen molar-refractivity contribution in [2.24, 2.45) is 5.92 Å². The van der Waals surface area contributed by atoms with Crippen LogP contribution in [0, 0.1) is 5.92 Å². The van der Waals surface area contributed by atoms with Crippen molar-refractivity contribution in [2.45, 2.75) is 31.2 Å². The Balaban J connectivity index is 2.02. The van der Waals surface area contributed by atoms with Crippen molar-refractivity contribution in [1.29, 1.82) is 0 Å². The average Bonchev–Trinajstić information content (AvgIpc) is 2.65. The van der Waals surface area contributed by atoms with Crippen molar-refractivity contribution in [2.75, 3.05) is 26.2 Å². The van der Waals surface area contributed by atoms with Gasteiger partial charge in [-0.2, -0.15) is 0 Å². The molecular weight excluding hydrogens is 230 g/mol. The standard InChI is InChI=1S/C11H18F2N2O2/c12-11(13)4-9(6-16)15(7-11)10(17)8-2-1-3-14-5-8/h8-9,14,16H,1-7H2/t8-,9+/m1/s1. The van der Waals surface area contributed by atoms with E-state index >= 15 is 0 Å². The normalized spacial score (nSPS) is 32.8. The predicted molar refractivity (Wildman–Crippen MR) is 57.7 cm³/mol. The zero-order valence-electron chi connectivity index (χ0n) is 9.66. The van der Waals surface area contributed by atoms with Gasteiger partial charge in [-0.1, -0.05) is 0 Å². The van der Waals surface area contributed by atoms with Gasteiger partial charge >= 0.3 is 0 Å². The van der Waals surface area contributed by atoms with Crippen molar-refractivity contribution in [3.63, 3.8) is 0 Å².